The second kappa shape index (κ2) is 11.2. The van der Waals surface area contributed by atoms with Crippen molar-refractivity contribution in [2.45, 2.75) is 19.8 Å². The number of amides is 2. The molecule has 0 spiro atoms. The number of allylic oxidation sites excluding steroid dienone is 1. The number of nitrogens with one attached hydrogen (secondary N) is 3. The van der Waals surface area contributed by atoms with E-state index in [1.54, 1.807) is 49.4 Å². The lowest BCUT2D eigenvalue weighted by atomic mass is 10.0. The number of ether oxygens (including phenoxy) is 3. The predicted molar refractivity (Wildman–Crippen MR) is 141 cm³/mol. The molecule has 38 heavy (non-hydrogen) atoms. The molecule has 0 unspecified atom stereocenters. The van der Waals surface area contributed by atoms with Crippen LogP contribution in [0.25, 0.3) is 5.76 Å². The van der Waals surface area contributed by atoms with Crippen molar-refractivity contribution in [2.75, 3.05) is 30.3 Å². The molecule has 4 N–H and O–H groups in total. The van der Waals surface area contributed by atoms with Crippen LogP contribution in [-0.4, -0.2) is 31.2 Å². The molecule has 0 bridgehead atoms. The molecular weight excluding hydrogens is 493 g/mol. The summed E-state index contributed by atoms with van der Waals surface area (Å²) in [7, 11) is 3.00. The van der Waals surface area contributed by atoms with Crippen LogP contribution < -0.4 is 30.3 Å². The number of halogens is 1. The van der Waals surface area contributed by atoms with Crippen molar-refractivity contribution >= 4 is 34.6 Å². The van der Waals surface area contributed by atoms with Crippen molar-refractivity contribution < 1.29 is 33.4 Å². The van der Waals surface area contributed by atoms with Gasteiger partial charge in [-0.15, -0.1) is 0 Å². The Bertz CT molecular complexity index is 1350. The maximum absolute atomic E-state index is 13.1. The molecule has 0 aromatic heterocycles. The summed E-state index contributed by atoms with van der Waals surface area (Å²) in [5.74, 6) is 0.554. The highest BCUT2D eigenvalue weighted by Gasteiger charge is 2.56. The van der Waals surface area contributed by atoms with Gasteiger partial charge in [-0.1, -0.05) is 0 Å². The van der Waals surface area contributed by atoms with Crippen molar-refractivity contribution in [3.8, 4) is 17.2 Å². The minimum absolute atomic E-state index is 0.355. The van der Waals surface area contributed by atoms with Gasteiger partial charge < -0.3 is 24.8 Å². The third-order valence-electron chi connectivity index (χ3n) is 6.23. The second-order valence-electron chi connectivity index (χ2n) is 8.64. The predicted octanol–water partition coefficient (Wildman–Crippen LogP) is 5.44. The van der Waals surface area contributed by atoms with Crippen molar-refractivity contribution in [1.29, 1.82) is 0 Å². The lowest BCUT2D eigenvalue weighted by molar-refractivity contribution is -0.131. The molecule has 1 saturated carbocycles. The Kier molecular flexibility index (Phi) is 7.82. The second-order valence-corrected chi connectivity index (χ2v) is 8.64. The molecule has 0 atom stereocenters. The number of rotatable bonds is 10. The van der Waals surface area contributed by atoms with Crippen LogP contribution in [0, 0.1) is 11.2 Å². The van der Waals surface area contributed by atoms with E-state index in [-0.39, 0.29) is 0 Å². The van der Waals surface area contributed by atoms with E-state index in [1.165, 1.54) is 38.5 Å². The van der Waals surface area contributed by atoms with Gasteiger partial charge in [0.2, 0.25) is 11.8 Å². The maximum atomic E-state index is 13.1. The zero-order chi connectivity index (χ0) is 27.3. The van der Waals surface area contributed by atoms with Crippen LogP contribution in [0.5, 0.6) is 17.2 Å². The van der Waals surface area contributed by atoms with Crippen LogP contribution in [0.4, 0.5) is 21.5 Å². The number of methoxy groups -OCH3 is 2. The van der Waals surface area contributed by atoms with Crippen LogP contribution in [0.2, 0.25) is 0 Å². The highest BCUT2D eigenvalue weighted by Crippen LogP contribution is 2.47. The molecule has 10 heteroatoms. The summed E-state index contributed by atoms with van der Waals surface area (Å²) in [6, 6.07) is 15.3. The van der Waals surface area contributed by atoms with E-state index in [4.69, 9.17) is 14.2 Å². The zero-order valence-corrected chi connectivity index (χ0v) is 21.1. The van der Waals surface area contributed by atoms with E-state index in [1.807, 2.05) is 0 Å². The molecule has 0 saturated heterocycles. The Morgan fingerprint density at radius 1 is 0.895 bits per heavy atom. The Balaban J connectivity index is 1.43. The summed E-state index contributed by atoms with van der Waals surface area (Å²) < 4.78 is 29.8. The van der Waals surface area contributed by atoms with Gasteiger partial charge in [-0.05, 0) is 80.4 Å². The minimum atomic E-state index is -1.16. The van der Waals surface area contributed by atoms with Gasteiger partial charge in [0.15, 0.2) is 11.5 Å². The largest absolute Gasteiger partial charge is 0.493 e. The lowest BCUT2D eigenvalue weighted by Crippen LogP contribution is -2.35. The van der Waals surface area contributed by atoms with E-state index in [9.17, 15) is 19.2 Å². The van der Waals surface area contributed by atoms with E-state index in [0.717, 1.165) is 0 Å². The fourth-order valence-electron chi connectivity index (χ4n) is 3.89. The third kappa shape index (κ3) is 5.55. The maximum Gasteiger partial charge on any atom is 0.240 e. The number of hydrogen-bond acceptors (Lipinski definition) is 7. The van der Waals surface area contributed by atoms with Gasteiger partial charge >= 0.3 is 0 Å². The highest BCUT2D eigenvalue weighted by molar-refractivity contribution is 6.16. The van der Waals surface area contributed by atoms with Gasteiger partial charge in [0, 0.05) is 23.0 Å². The minimum Gasteiger partial charge on any atom is -0.493 e. The zero-order valence-electron chi connectivity index (χ0n) is 21.1. The van der Waals surface area contributed by atoms with E-state index >= 15 is 0 Å². The molecule has 4 rings (SSSR count). The average Bonchev–Trinajstić information content (AvgIpc) is 3.75. The van der Waals surface area contributed by atoms with E-state index < -0.39 is 23.0 Å². The first-order chi connectivity index (χ1) is 18.3. The van der Waals surface area contributed by atoms with Crippen molar-refractivity contribution in [3.05, 3.63) is 78.1 Å². The molecule has 1 aliphatic rings. The van der Waals surface area contributed by atoms with Crippen LogP contribution >= 0.6 is 0 Å². The Labute approximate surface area is 219 Å². The Hall–Kier alpha value is -4.57. The number of carbonyl (C=O) groups is 2. The molecule has 0 aliphatic heterocycles. The van der Waals surface area contributed by atoms with Crippen molar-refractivity contribution in [1.82, 2.24) is 0 Å². The quantitative estimate of drug-likeness (QED) is 0.159. The smallest absolute Gasteiger partial charge is 0.240 e. The summed E-state index contributed by atoms with van der Waals surface area (Å²) in [5, 5.41) is 15.1. The summed E-state index contributed by atoms with van der Waals surface area (Å²) in [5.41, 5.74) is 2.79. The fourth-order valence-corrected chi connectivity index (χ4v) is 3.89. The first-order valence-electron chi connectivity index (χ1n) is 11.8. The normalized spacial score (nSPS) is 13.8. The molecular formula is C28H28FN3O6. The molecule has 2 amide bonds. The lowest BCUT2D eigenvalue weighted by Gasteiger charge is -2.17. The molecule has 3 aromatic carbocycles. The summed E-state index contributed by atoms with van der Waals surface area (Å²) in [4.78, 5) is 25.7. The van der Waals surface area contributed by atoms with E-state index in [0.29, 0.717) is 58.5 Å². The standard InChI is InChI=1S/C28H28FN3O6/c1-4-23(21-15-24(36-2)25(37-3)16-22(21)32-35)38-20-11-9-19(10-12-20)31-27(34)28(13-14-28)26(33)30-18-7-5-17(29)6-8-18/h4-12,15-16,32,35H,13-14H2,1-3H3,(H,30,33)(H,31,34)/b23-4+. The first kappa shape index (κ1) is 26.5. The van der Waals surface area contributed by atoms with Gasteiger partial charge in [-0.25, -0.2) is 4.39 Å². The van der Waals surface area contributed by atoms with Crippen LogP contribution in [0.1, 0.15) is 25.3 Å². The average molecular weight is 522 g/mol. The van der Waals surface area contributed by atoms with Crippen LogP contribution in [0.3, 0.4) is 0 Å². The Morgan fingerprint density at radius 2 is 1.42 bits per heavy atom. The molecule has 198 valence electrons. The number of anilines is 3. The number of carbonyl (C=O) groups excluding carboxylic acids is 2. The van der Waals surface area contributed by atoms with Crippen molar-refractivity contribution in [3.63, 3.8) is 0 Å². The van der Waals surface area contributed by atoms with Gasteiger partial charge in [0.05, 0.1) is 19.9 Å². The van der Waals surface area contributed by atoms with Crippen LogP contribution in [-0.2, 0) is 9.59 Å². The number of benzene rings is 3. The third-order valence-corrected chi connectivity index (χ3v) is 6.23. The van der Waals surface area contributed by atoms with Crippen molar-refractivity contribution in [2.24, 2.45) is 5.41 Å². The van der Waals surface area contributed by atoms with Gasteiger partial charge in [-0.3, -0.25) is 20.3 Å². The summed E-state index contributed by atoms with van der Waals surface area (Å²) in [6.45, 7) is 1.79. The molecule has 0 heterocycles. The molecule has 9 nitrogen and oxygen atoms in total. The number of hydrogen-bond donors (Lipinski definition) is 4. The first-order valence-corrected chi connectivity index (χ1v) is 11.8. The highest BCUT2D eigenvalue weighted by atomic mass is 19.1. The van der Waals surface area contributed by atoms with Gasteiger partial charge in [0.1, 0.15) is 22.7 Å². The van der Waals surface area contributed by atoms with Gasteiger partial charge in [-0.2, -0.15) is 0 Å². The summed E-state index contributed by atoms with van der Waals surface area (Å²) >= 11 is 0. The SMILES string of the molecule is C/C=C(/Oc1ccc(NC(=O)C2(C(=O)Nc3ccc(F)cc3)CC2)cc1)c1cc(OC)c(OC)cc1NO. The topological polar surface area (TPSA) is 118 Å². The Morgan fingerprint density at radius 3 is 1.89 bits per heavy atom. The monoisotopic (exact) mass is 521 g/mol. The molecule has 1 fully saturated rings. The summed E-state index contributed by atoms with van der Waals surface area (Å²) in [6.07, 6.45) is 2.57. The fraction of sp³-hybridized carbons (Fsp3) is 0.214. The molecule has 3 aromatic rings. The van der Waals surface area contributed by atoms with E-state index in [2.05, 4.69) is 16.1 Å². The molecule has 0 radical (unpaired) electrons. The van der Waals surface area contributed by atoms with Gasteiger partial charge in [0.25, 0.3) is 0 Å². The van der Waals surface area contributed by atoms with Crippen LogP contribution in [0.15, 0.2) is 66.7 Å². The molecule has 1 aliphatic carbocycles.